The summed E-state index contributed by atoms with van der Waals surface area (Å²) in [6.45, 7) is 4.06. The maximum atomic E-state index is 9.41. The molecule has 2 N–H and O–H groups in total. The van der Waals surface area contributed by atoms with Crippen LogP contribution in [0.15, 0.2) is 24.3 Å². The first kappa shape index (κ1) is 15.6. The molecule has 0 fully saturated rings. The number of nitriles is 1. The number of anilines is 1. The van der Waals surface area contributed by atoms with Crippen LogP contribution in [0, 0.1) is 11.3 Å². The van der Waals surface area contributed by atoms with Crippen molar-refractivity contribution in [3.05, 3.63) is 35.5 Å². The van der Waals surface area contributed by atoms with Gasteiger partial charge in [0.15, 0.2) is 0 Å². The van der Waals surface area contributed by atoms with Crippen LogP contribution in [0.3, 0.4) is 0 Å². The molecule has 0 saturated heterocycles. The molecule has 0 aliphatic rings. The molecule has 0 bridgehead atoms. The SMILES string of the molecule is COc1cc(OC)cc(-c2cc(C(C)C)nc(N)c2C#N)c1. The van der Waals surface area contributed by atoms with Gasteiger partial charge in [-0.05, 0) is 29.7 Å². The van der Waals surface area contributed by atoms with E-state index in [1.165, 1.54) is 0 Å². The van der Waals surface area contributed by atoms with Crippen molar-refractivity contribution in [2.24, 2.45) is 0 Å². The van der Waals surface area contributed by atoms with Gasteiger partial charge >= 0.3 is 0 Å². The normalized spacial score (nSPS) is 10.4. The van der Waals surface area contributed by atoms with Crippen LogP contribution in [0.4, 0.5) is 5.82 Å². The first-order valence-corrected chi connectivity index (χ1v) is 6.94. The minimum Gasteiger partial charge on any atom is -0.497 e. The molecule has 0 amide bonds. The van der Waals surface area contributed by atoms with Crippen molar-refractivity contribution in [3.8, 4) is 28.7 Å². The van der Waals surface area contributed by atoms with Crippen molar-refractivity contribution in [2.45, 2.75) is 19.8 Å². The number of benzene rings is 1. The Morgan fingerprint density at radius 3 is 2.14 bits per heavy atom. The van der Waals surface area contributed by atoms with Crippen molar-refractivity contribution in [3.63, 3.8) is 0 Å². The third-order valence-electron chi connectivity index (χ3n) is 3.43. The van der Waals surface area contributed by atoms with E-state index in [1.54, 1.807) is 20.3 Å². The number of nitrogen functional groups attached to an aromatic ring is 1. The summed E-state index contributed by atoms with van der Waals surface area (Å²) in [4.78, 5) is 4.31. The zero-order chi connectivity index (χ0) is 16.3. The van der Waals surface area contributed by atoms with Crippen molar-refractivity contribution in [1.82, 2.24) is 4.98 Å². The third-order valence-corrected chi connectivity index (χ3v) is 3.43. The summed E-state index contributed by atoms with van der Waals surface area (Å²) in [6.07, 6.45) is 0. The zero-order valence-corrected chi connectivity index (χ0v) is 13.2. The molecular weight excluding hydrogens is 278 g/mol. The quantitative estimate of drug-likeness (QED) is 0.936. The molecule has 114 valence electrons. The Morgan fingerprint density at radius 1 is 1.09 bits per heavy atom. The van der Waals surface area contributed by atoms with E-state index in [0.29, 0.717) is 17.1 Å². The molecule has 2 rings (SSSR count). The fourth-order valence-electron chi connectivity index (χ4n) is 2.19. The van der Waals surface area contributed by atoms with Gasteiger partial charge in [-0.25, -0.2) is 4.98 Å². The molecule has 0 spiro atoms. The summed E-state index contributed by atoms with van der Waals surface area (Å²) in [6, 6.07) is 9.51. The molecule has 0 atom stereocenters. The lowest BCUT2D eigenvalue weighted by molar-refractivity contribution is 0.394. The molecule has 1 aromatic carbocycles. The van der Waals surface area contributed by atoms with Gasteiger partial charge in [0.2, 0.25) is 0 Å². The first-order chi connectivity index (χ1) is 10.5. The van der Waals surface area contributed by atoms with E-state index >= 15 is 0 Å². The smallest absolute Gasteiger partial charge is 0.142 e. The maximum absolute atomic E-state index is 9.41. The van der Waals surface area contributed by atoms with Crippen LogP contribution in [0.1, 0.15) is 31.0 Å². The standard InChI is InChI=1S/C17H19N3O2/c1-10(2)16-8-14(15(9-18)17(19)20-16)11-5-12(21-3)7-13(6-11)22-4/h5-8,10H,1-4H3,(H2,19,20). The number of ether oxygens (including phenoxy) is 2. The van der Waals surface area contributed by atoms with Gasteiger partial charge in [-0.3, -0.25) is 0 Å². The topological polar surface area (TPSA) is 81.2 Å². The Bertz CT molecular complexity index is 711. The first-order valence-electron chi connectivity index (χ1n) is 6.94. The number of nitrogens with two attached hydrogens (primary N) is 1. The van der Waals surface area contributed by atoms with Crippen LogP contribution in [-0.4, -0.2) is 19.2 Å². The summed E-state index contributed by atoms with van der Waals surface area (Å²) >= 11 is 0. The summed E-state index contributed by atoms with van der Waals surface area (Å²) in [7, 11) is 3.18. The highest BCUT2D eigenvalue weighted by molar-refractivity contribution is 5.77. The molecular formula is C17H19N3O2. The van der Waals surface area contributed by atoms with Crippen LogP contribution in [0.25, 0.3) is 11.1 Å². The molecule has 0 unspecified atom stereocenters. The number of nitrogens with zero attached hydrogens (tertiary/aromatic N) is 2. The molecule has 5 nitrogen and oxygen atoms in total. The molecule has 0 saturated carbocycles. The van der Waals surface area contributed by atoms with Gasteiger partial charge in [0.1, 0.15) is 28.9 Å². The fourth-order valence-corrected chi connectivity index (χ4v) is 2.19. The monoisotopic (exact) mass is 297 g/mol. The summed E-state index contributed by atoms with van der Waals surface area (Å²) in [5.41, 5.74) is 8.70. The molecule has 5 heteroatoms. The van der Waals surface area contributed by atoms with Gasteiger partial charge in [-0.1, -0.05) is 13.8 Å². The Balaban J connectivity index is 2.73. The van der Waals surface area contributed by atoms with Gasteiger partial charge in [-0.2, -0.15) is 5.26 Å². The average Bonchev–Trinajstić information content (AvgIpc) is 2.53. The van der Waals surface area contributed by atoms with E-state index in [1.807, 2.05) is 32.0 Å². The molecule has 1 heterocycles. The molecule has 0 aliphatic carbocycles. The molecule has 0 aliphatic heterocycles. The van der Waals surface area contributed by atoms with Crippen LogP contribution >= 0.6 is 0 Å². The van der Waals surface area contributed by atoms with Gasteiger partial charge in [-0.15, -0.1) is 0 Å². The van der Waals surface area contributed by atoms with Crippen LogP contribution in [0.2, 0.25) is 0 Å². The lowest BCUT2D eigenvalue weighted by atomic mass is 9.97. The Labute approximate surface area is 130 Å². The highest BCUT2D eigenvalue weighted by atomic mass is 16.5. The van der Waals surface area contributed by atoms with Crippen LogP contribution in [-0.2, 0) is 0 Å². The van der Waals surface area contributed by atoms with Crippen molar-refractivity contribution < 1.29 is 9.47 Å². The number of hydrogen-bond acceptors (Lipinski definition) is 5. The second kappa shape index (κ2) is 6.35. The van der Waals surface area contributed by atoms with E-state index in [-0.39, 0.29) is 11.7 Å². The minimum absolute atomic E-state index is 0.210. The second-order valence-corrected chi connectivity index (χ2v) is 5.22. The minimum atomic E-state index is 0.210. The lowest BCUT2D eigenvalue weighted by Gasteiger charge is -2.13. The summed E-state index contributed by atoms with van der Waals surface area (Å²) in [5, 5.41) is 9.41. The summed E-state index contributed by atoms with van der Waals surface area (Å²) < 4.78 is 10.6. The van der Waals surface area contributed by atoms with E-state index in [0.717, 1.165) is 16.8 Å². The molecule has 1 aromatic heterocycles. The molecule has 0 radical (unpaired) electrons. The predicted octanol–water partition coefficient (Wildman–Crippen LogP) is 3.34. The number of methoxy groups -OCH3 is 2. The van der Waals surface area contributed by atoms with Gasteiger partial charge in [0.05, 0.1) is 14.2 Å². The molecule has 2 aromatic rings. The van der Waals surface area contributed by atoms with Crippen molar-refractivity contribution >= 4 is 5.82 Å². The second-order valence-electron chi connectivity index (χ2n) is 5.22. The summed E-state index contributed by atoms with van der Waals surface area (Å²) in [5.74, 6) is 1.76. The van der Waals surface area contributed by atoms with Gasteiger partial charge in [0.25, 0.3) is 0 Å². The van der Waals surface area contributed by atoms with E-state index in [4.69, 9.17) is 15.2 Å². The Hall–Kier alpha value is -2.74. The van der Waals surface area contributed by atoms with Gasteiger partial charge < -0.3 is 15.2 Å². The van der Waals surface area contributed by atoms with Crippen molar-refractivity contribution in [2.75, 3.05) is 20.0 Å². The maximum Gasteiger partial charge on any atom is 0.142 e. The zero-order valence-electron chi connectivity index (χ0n) is 13.2. The predicted molar refractivity (Wildman–Crippen MR) is 86.0 cm³/mol. The van der Waals surface area contributed by atoms with E-state index in [2.05, 4.69) is 11.1 Å². The number of hydrogen-bond donors (Lipinski definition) is 1. The number of pyridine rings is 1. The van der Waals surface area contributed by atoms with E-state index < -0.39 is 0 Å². The van der Waals surface area contributed by atoms with Crippen molar-refractivity contribution in [1.29, 1.82) is 5.26 Å². The molecule has 22 heavy (non-hydrogen) atoms. The van der Waals surface area contributed by atoms with Crippen LogP contribution < -0.4 is 15.2 Å². The average molecular weight is 297 g/mol. The highest BCUT2D eigenvalue weighted by Crippen LogP contribution is 2.34. The number of aromatic nitrogens is 1. The van der Waals surface area contributed by atoms with E-state index in [9.17, 15) is 5.26 Å². The highest BCUT2D eigenvalue weighted by Gasteiger charge is 2.15. The number of rotatable bonds is 4. The fraction of sp³-hybridized carbons (Fsp3) is 0.294. The Kier molecular flexibility index (Phi) is 4.52. The van der Waals surface area contributed by atoms with Crippen LogP contribution in [0.5, 0.6) is 11.5 Å². The van der Waals surface area contributed by atoms with Gasteiger partial charge in [0, 0.05) is 17.3 Å². The lowest BCUT2D eigenvalue weighted by Crippen LogP contribution is -2.03. The third kappa shape index (κ3) is 2.96. The largest absolute Gasteiger partial charge is 0.497 e. The Morgan fingerprint density at radius 2 is 1.68 bits per heavy atom.